The first kappa shape index (κ1) is 20.8. The number of nitrogens with two attached hydrogens (primary N) is 1. The van der Waals surface area contributed by atoms with Crippen LogP contribution in [0.25, 0.3) is 0 Å². The molecule has 29 heavy (non-hydrogen) atoms. The fraction of sp³-hybridized carbons (Fsp3) is 0.368. The summed E-state index contributed by atoms with van der Waals surface area (Å²) in [5, 5.41) is 11.3. The fourth-order valence-corrected chi connectivity index (χ4v) is 4.74. The van der Waals surface area contributed by atoms with Gasteiger partial charge in [0.15, 0.2) is 0 Å². The third kappa shape index (κ3) is 4.26. The van der Waals surface area contributed by atoms with E-state index in [1.807, 2.05) is 6.07 Å². The number of thiophene rings is 2. The van der Waals surface area contributed by atoms with Crippen LogP contribution in [0, 0.1) is 11.3 Å². The number of nitriles is 1. The van der Waals surface area contributed by atoms with E-state index >= 15 is 0 Å². The molecule has 0 radical (unpaired) electrons. The molecule has 0 aliphatic carbocycles. The van der Waals surface area contributed by atoms with E-state index in [1.165, 1.54) is 16.2 Å². The van der Waals surface area contributed by atoms with E-state index in [4.69, 9.17) is 15.2 Å². The van der Waals surface area contributed by atoms with Crippen LogP contribution in [-0.2, 0) is 20.9 Å². The number of amides is 1. The number of nitrogen functional groups attached to an aromatic ring is 1. The highest BCUT2D eigenvalue weighted by Gasteiger charge is 2.36. The first-order chi connectivity index (χ1) is 14.0. The molecule has 0 aromatic carbocycles. The number of esters is 2. The summed E-state index contributed by atoms with van der Waals surface area (Å²) in [6.07, 6.45) is 1.19. The summed E-state index contributed by atoms with van der Waals surface area (Å²) in [7, 11) is 0. The number of carbonyl (C=O) groups excluding carboxylic acids is 3. The number of likely N-dealkylation sites (tertiary alicyclic amines) is 1. The summed E-state index contributed by atoms with van der Waals surface area (Å²) in [6, 6.07) is 4.74. The molecule has 0 spiro atoms. The molecule has 10 heteroatoms. The highest BCUT2D eigenvalue weighted by atomic mass is 32.1. The summed E-state index contributed by atoms with van der Waals surface area (Å²) >= 11 is 2.24. The third-order valence-electron chi connectivity index (χ3n) is 4.48. The van der Waals surface area contributed by atoms with Crippen molar-refractivity contribution in [3.8, 4) is 6.07 Å². The molecule has 1 saturated heterocycles. The number of rotatable bonds is 6. The van der Waals surface area contributed by atoms with Crippen molar-refractivity contribution >= 4 is 45.5 Å². The Kier molecular flexibility index (Phi) is 6.51. The number of hydrogen-bond acceptors (Lipinski definition) is 9. The molecule has 2 N–H and O–H groups in total. The molecule has 1 amide bonds. The maximum absolute atomic E-state index is 12.7. The van der Waals surface area contributed by atoms with Crippen LogP contribution < -0.4 is 5.73 Å². The zero-order valence-corrected chi connectivity index (χ0v) is 17.3. The number of nitrogens with zero attached hydrogens (tertiary/aromatic N) is 2. The largest absolute Gasteiger partial charge is 0.462 e. The third-order valence-corrected chi connectivity index (χ3v) is 6.38. The van der Waals surface area contributed by atoms with Gasteiger partial charge in [0.25, 0.3) is 5.91 Å². The Morgan fingerprint density at radius 1 is 1.38 bits per heavy atom. The number of carbonyl (C=O) groups is 3. The SMILES string of the molecule is CCOC(=O)c1sc(N)c(C#N)c1COC(=O)C1CCCN1C(=O)c1cccs1. The van der Waals surface area contributed by atoms with Crippen molar-refractivity contribution in [2.45, 2.75) is 32.4 Å². The van der Waals surface area contributed by atoms with Crippen molar-refractivity contribution in [3.63, 3.8) is 0 Å². The second kappa shape index (κ2) is 9.07. The molecule has 1 fully saturated rings. The Balaban J connectivity index is 1.74. The monoisotopic (exact) mass is 433 g/mol. The normalized spacial score (nSPS) is 15.7. The molecule has 1 atom stereocenters. The van der Waals surface area contributed by atoms with Crippen LogP contribution in [0.2, 0.25) is 0 Å². The standard InChI is InChI=1S/C19H19N3O5S2/c1-2-26-19(25)15-12(11(9-20)16(21)29-15)10-27-18(24)13-5-3-7-22(13)17(23)14-6-4-8-28-14/h4,6,8,13H,2-3,5,7,10,21H2,1H3. The number of anilines is 1. The van der Waals surface area contributed by atoms with E-state index < -0.39 is 18.0 Å². The van der Waals surface area contributed by atoms with E-state index in [9.17, 15) is 19.6 Å². The molecule has 8 nitrogen and oxygen atoms in total. The average Bonchev–Trinajstić information content (AvgIpc) is 3.45. The molecular weight excluding hydrogens is 414 g/mol. The Bertz CT molecular complexity index is 961. The summed E-state index contributed by atoms with van der Waals surface area (Å²) in [5.41, 5.74) is 6.16. The van der Waals surface area contributed by atoms with Gasteiger partial charge in [-0.2, -0.15) is 5.26 Å². The average molecular weight is 434 g/mol. The number of hydrogen-bond donors (Lipinski definition) is 1. The van der Waals surface area contributed by atoms with Crippen LogP contribution >= 0.6 is 22.7 Å². The fourth-order valence-electron chi connectivity index (χ4n) is 3.14. The highest BCUT2D eigenvalue weighted by molar-refractivity contribution is 7.18. The van der Waals surface area contributed by atoms with E-state index in [0.717, 1.165) is 11.3 Å². The van der Waals surface area contributed by atoms with E-state index in [0.29, 0.717) is 24.3 Å². The lowest BCUT2D eigenvalue weighted by molar-refractivity contribution is -0.149. The van der Waals surface area contributed by atoms with Gasteiger partial charge < -0.3 is 20.1 Å². The molecule has 2 aromatic rings. The molecule has 152 valence electrons. The van der Waals surface area contributed by atoms with Gasteiger partial charge in [-0.3, -0.25) is 4.79 Å². The lowest BCUT2D eigenvalue weighted by Gasteiger charge is -2.22. The van der Waals surface area contributed by atoms with E-state index in [1.54, 1.807) is 24.4 Å². The quantitative estimate of drug-likeness (QED) is 0.695. The van der Waals surface area contributed by atoms with Gasteiger partial charge in [-0.1, -0.05) is 6.07 Å². The molecule has 3 rings (SSSR count). The molecule has 1 aliphatic rings. The Labute approximate surface area is 175 Å². The van der Waals surface area contributed by atoms with Gasteiger partial charge in [0.2, 0.25) is 0 Å². The van der Waals surface area contributed by atoms with Crippen molar-refractivity contribution in [2.75, 3.05) is 18.9 Å². The minimum atomic E-state index is -0.697. The van der Waals surface area contributed by atoms with Gasteiger partial charge in [0, 0.05) is 12.1 Å². The predicted octanol–water partition coefficient (Wildman–Crippen LogP) is 2.79. The molecule has 0 bridgehead atoms. The first-order valence-electron chi connectivity index (χ1n) is 8.97. The lowest BCUT2D eigenvalue weighted by Crippen LogP contribution is -2.41. The van der Waals surface area contributed by atoms with Gasteiger partial charge in [0.05, 0.1) is 17.0 Å². The second-order valence-electron chi connectivity index (χ2n) is 6.22. The van der Waals surface area contributed by atoms with Crippen molar-refractivity contribution < 1.29 is 23.9 Å². The van der Waals surface area contributed by atoms with Crippen LogP contribution in [0.4, 0.5) is 5.00 Å². The molecule has 2 aromatic heterocycles. The smallest absolute Gasteiger partial charge is 0.348 e. The van der Waals surface area contributed by atoms with Crippen molar-refractivity contribution in [1.82, 2.24) is 4.90 Å². The zero-order chi connectivity index (χ0) is 21.0. The van der Waals surface area contributed by atoms with Crippen LogP contribution in [0.1, 0.15) is 50.2 Å². The molecule has 1 unspecified atom stereocenters. The van der Waals surface area contributed by atoms with E-state index in [2.05, 4.69) is 0 Å². The van der Waals surface area contributed by atoms with Gasteiger partial charge in [-0.05, 0) is 31.2 Å². The maximum atomic E-state index is 12.7. The highest BCUT2D eigenvalue weighted by Crippen LogP contribution is 2.32. The molecule has 0 saturated carbocycles. The van der Waals surface area contributed by atoms with Gasteiger partial charge in [-0.25, -0.2) is 9.59 Å². The first-order valence-corrected chi connectivity index (χ1v) is 10.7. The van der Waals surface area contributed by atoms with Crippen molar-refractivity contribution in [3.05, 3.63) is 38.4 Å². The summed E-state index contributed by atoms with van der Waals surface area (Å²) in [6.45, 7) is 2.01. The minimum absolute atomic E-state index is 0.101. The zero-order valence-electron chi connectivity index (χ0n) is 15.7. The van der Waals surface area contributed by atoms with Crippen molar-refractivity contribution in [1.29, 1.82) is 5.26 Å². The van der Waals surface area contributed by atoms with Gasteiger partial charge >= 0.3 is 11.9 Å². The number of ether oxygens (including phenoxy) is 2. The summed E-state index contributed by atoms with van der Waals surface area (Å²) < 4.78 is 10.4. The minimum Gasteiger partial charge on any atom is -0.462 e. The summed E-state index contributed by atoms with van der Waals surface area (Å²) in [4.78, 5) is 39.7. The topological polar surface area (TPSA) is 123 Å². The predicted molar refractivity (Wildman–Crippen MR) is 108 cm³/mol. The Morgan fingerprint density at radius 2 is 2.17 bits per heavy atom. The van der Waals surface area contributed by atoms with Crippen LogP contribution in [0.5, 0.6) is 0 Å². The Hall–Kier alpha value is -2.90. The van der Waals surface area contributed by atoms with Crippen LogP contribution in [0.15, 0.2) is 17.5 Å². The van der Waals surface area contributed by atoms with E-state index in [-0.39, 0.29) is 40.1 Å². The lowest BCUT2D eigenvalue weighted by atomic mass is 10.1. The molecule has 3 heterocycles. The Morgan fingerprint density at radius 3 is 2.83 bits per heavy atom. The molecule has 1 aliphatic heterocycles. The maximum Gasteiger partial charge on any atom is 0.348 e. The van der Waals surface area contributed by atoms with Gasteiger partial charge in [-0.15, -0.1) is 22.7 Å². The van der Waals surface area contributed by atoms with Crippen molar-refractivity contribution in [2.24, 2.45) is 0 Å². The van der Waals surface area contributed by atoms with Crippen LogP contribution in [0.3, 0.4) is 0 Å². The molecular formula is C19H19N3O5S2. The van der Waals surface area contributed by atoms with Crippen LogP contribution in [-0.4, -0.2) is 41.9 Å². The summed E-state index contributed by atoms with van der Waals surface area (Å²) in [5.74, 6) is -1.40. The van der Waals surface area contributed by atoms with Gasteiger partial charge in [0.1, 0.15) is 28.6 Å². The second-order valence-corrected chi connectivity index (χ2v) is 8.22.